The average molecular weight is 205 g/mol. The number of hydrogen-bond acceptors (Lipinski definition) is 4. The Bertz CT molecular complexity index is 375. The van der Waals surface area contributed by atoms with E-state index < -0.39 is 23.5 Å². The molecule has 1 aromatic rings. The molecule has 2 N–H and O–H groups in total. The average Bonchev–Trinajstić information content (AvgIpc) is 2.02. The first kappa shape index (κ1) is 10.4. The second kappa shape index (κ2) is 3.24. The van der Waals surface area contributed by atoms with Gasteiger partial charge in [0.1, 0.15) is 5.69 Å². The largest absolute Gasteiger partial charge is 0.451 e. The van der Waals surface area contributed by atoms with E-state index in [4.69, 9.17) is 5.73 Å². The molecule has 0 spiro atoms. The predicted octanol–water partition coefficient (Wildman–Crippen LogP) is 1.28. The Morgan fingerprint density at radius 3 is 2.50 bits per heavy atom. The van der Waals surface area contributed by atoms with Crippen molar-refractivity contribution in [3.8, 4) is 0 Å². The third kappa shape index (κ3) is 1.98. The fourth-order valence-corrected chi connectivity index (χ4v) is 0.810. The molecular weight excluding hydrogens is 199 g/mol. The molecule has 4 nitrogen and oxygen atoms in total. The first-order valence-corrected chi connectivity index (χ1v) is 3.53. The second-order valence-electron chi connectivity index (χ2n) is 2.55. The van der Waals surface area contributed by atoms with E-state index in [0.717, 1.165) is 13.1 Å². The molecule has 0 atom stereocenters. The number of halogens is 3. The highest BCUT2D eigenvalue weighted by molar-refractivity contribution is 5.96. The minimum absolute atomic E-state index is 0.162. The number of carbonyl (C=O) groups excluding carboxylic acids is 1. The van der Waals surface area contributed by atoms with Gasteiger partial charge in [-0.25, -0.2) is 9.97 Å². The summed E-state index contributed by atoms with van der Waals surface area (Å²) in [6, 6.07) is 0. The van der Waals surface area contributed by atoms with E-state index in [2.05, 4.69) is 9.97 Å². The lowest BCUT2D eigenvalue weighted by atomic mass is 10.2. The molecule has 1 rings (SSSR count). The Hall–Kier alpha value is -1.66. The van der Waals surface area contributed by atoms with Gasteiger partial charge in [0.2, 0.25) is 5.82 Å². The van der Waals surface area contributed by atoms with Crippen LogP contribution in [0.2, 0.25) is 0 Å². The highest BCUT2D eigenvalue weighted by Crippen LogP contribution is 2.26. The molecule has 14 heavy (non-hydrogen) atoms. The number of rotatable bonds is 1. The van der Waals surface area contributed by atoms with Crippen LogP contribution in [-0.4, -0.2) is 15.8 Å². The first-order chi connectivity index (χ1) is 6.32. The molecule has 0 saturated heterocycles. The quantitative estimate of drug-likeness (QED) is 0.701. The van der Waals surface area contributed by atoms with Crippen molar-refractivity contribution in [3.63, 3.8) is 0 Å². The smallest absolute Gasteiger partial charge is 0.396 e. The summed E-state index contributed by atoms with van der Waals surface area (Å²) in [7, 11) is 0. The predicted molar refractivity (Wildman–Crippen MR) is 41.5 cm³/mol. The molecule has 0 aliphatic rings. The fourth-order valence-electron chi connectivity index (χ4n) is 0.810. The van der Waals surface area contributed by atoms with Gasteiger partial charge in [-0.15, -0.1) is 0 Å². The summed E-state index contributed by atoms with van der Waals surface area (Å²) in [6.07, 6.45) is -3.90. The van der Waals surface area contributed by atoms with Crippen LogP contribution < -0.4 is 5.73 Å². The number of anilines is 1. The van der Waals surface area contributed by atoms with Gasteiger partial charge in [0.25, 0.3) is 0 Å². The van der Waals surface area contributed by atoms with Crippen molar-refractivity contribution in [2.75, 3.05) is 5.73 Å². The highest BCUT2D eigenvalue weighted by Gasteiger charge is 2.35. The van der Waals surface area contributed by atoms with Crippen molar-refractivity contribution in [1.29, 1.82) is 0 Å². The van der Waals surface area contributed by atoms with Crippen molar-refractivity contribution in [3.05, 3.63) is 17.7 Å². The van der Waals surface area contributed by atoms with Gasteiger partial charge in [-0.1, -0.05) is 0 Å². The van der Waals surface area contributed by atoms with E-state index in [1.165, 1.54) is 0 Å². The van der Waals surface area contributed by atoms with Crippen LogP contribution in [0.25, 0.3) is 0 Å². The molecule has 0 unspecified atom stereocenters. The van der Waals surface area contributed by atoms with E-state index in [1.807, 2.05) is 0 Å². The molecule has 76 valence electrons. The van der Waals surface area contributed by atoms with Crippen molar-refractivity contribution < 1.29 is 18.0 Å². The van der Waals surface area contributed by atoms with Crippen LogP contribution in [-0.2, 0) is 6.18 Å². The number of ketones is 1. The molecule has 0 aliphatic heterocycles. The van der Waals surface area contributed by atoms with Crippen LogP contribution in [0.3, 0.4) is 0 Å². The van der Waals surface area contributed by atoms with Crippen molar-refractivity contribution >= 4 is 11.5 Å². The molecular formula is C7H6F3N3O. The highest BCUT2D eigenvalue weighted by atomic mass is 19.4. The molecule has 1 aromatic heterocycles. The Labute approximate surface area is 77.0 Å². The maximum absolute atomic E-state index is 12.1. The van der Waals surface area contributed by atoms with Gasteiger partial charge in [0.15, 0.2) is 5.78 Å². The third-order valence-electron chi connectivity index (χ3n) is 1.40. The Morgan fingerprint density at radius 2 is 2.07 bits per heavy atom. The first-order valence-electron chi connectivity index (χ1n) is 3.53. The number of nitrogens with zero attached hydrogens (tertiary/aromatic N) is 2. The second-order valence-corrected chi connectivity index (χ2v) is 2.55. The summed E-state index contributed by atoms with van der Waals surface area (Å²) in [4.78, 5) is 16.8. The maximum atomic E-state index is 12.1. The maximum Gasteiger partial charge on any atom is 0.451 e. The van der Waals surface area contributed by atoms with E-state index in [9.17, 15) is 18.0 Å². The number of hydrogen-bond donors (Lipinski definition) is 1. The molecule has 0 aromatic carbocycles. The van der Waals surface area contributed by atoms with Crippen LogP contribution >= 0.6 is 0 Å². The lowest BCUT2D eigenvalue weighted by Crippen LogP contribution is -2.15. The zero-order valence-electron chi connectivity index (χ0n) is 7.09. The zero-order valence-corrected chi connectivity index (χ0v) is 7.09. The summed E-state index contributed by atoms with van der Waals surface area (Å²) >= 11 is 0. The van der Waals surface area contributed by atoms with Crippen LogP contribution in [0.5, 0.6) is 0 Å². The lowest BCUT2D eigenvalue weighted by Gasteiger charge is -2.06. The topological polar surface area (TPSA) is 68.9 Å². The molecule has 0 amide bonds. The fraction of sp³-hybridized carbons (Fsp3) is 0.286. The molecule has 0 aliphatic carbocycles. The van der Waals surface area contributed by atoms with Crippen LogP contribution in [0.15, 0.2) is 6.20 Å². The van der Waals surface area contributed by atoms with Crippen LogP contribution in [0.4, 0.5) is 18.9 Å². The van der Waals surface area contributed by atoms with Gasteiger partial charge >= 0.3 is 6.18 Å². The Kier molecular flexibility index (Phi) is 2.41. The van der Waals surface area contributed by atoms with Crippen molar-refractivity contribution in [2.45, 2.75) is 13.1 Å². The normalized spacial score (nSPS) is 11.4. The molecule has 0 saturated carbocycles. The van der Waals surface area contributed by atoms with Gasteiger partial charge in [0, 0.05) is 6.92 Å². The van der Waals surface area contributed by atoms with Gasteiger partial charge in [-0.2, -0.15) is 13.2 Å². The molecule has 0 fully saturated rings. The standard InChI is InChI=1S/C7H6F3N3O/c1-3(14)5-4(11)2-12-6(13-5)7(8,9)10/h2H,11H2,1H3. The summed E-state index contributed by atoms with van der Waals surface area (Å²) in [5.41, 5.74) is 4.65. The number of nitrogens with two attached hydrogens (primary N) is 1. The SMILES string of the molecule is CC(=O)c1nc(C(F)(F)F)ncc1N. The number of carbonyl (C=O) groups is 1. The minimum atomic E-state index is -4.67. The Balaban J connectivity index is 3.27. The lowest BCUT2D eigenvalue weighted by molar-refractivity contribution is -0.145. The summed E-state index contributed by atoms with van der Waals surface area (Å²) < 4.78 is 36.3. The molecule has 0 radical (unpaired) electrons. The van der Waals surface area contributed by atoms with E-state index in [0.29, 0.717) is 0 Å². The van der Waals surface area contributed by atoms with Crippen LogP contribution in [0, 0.1) is 0 Å². The number of aromatic nitrogens is 2. The minimum Gasteiger partial charge on any atom is -0.396 e. The van der Waals surface area contributed by atoms with E-state index in [1.54, 1.807) is 0 Å². The summed E-state index contributed by atoms with van der Waals surface area (Å²) in [5, 5.41) is 0. The molecule has 0 bridgehead atoms. The van der Waals surface area contributed by atoms with Gasteiger partial charge in [-0.05, 0) is 0 Å². The van der Waals surface area contributed by atoms with E-state index in [-0.39, 0.29) is 5.69 Å². The monoisotopic (exact) mass is 205 g/mol. The van der Waals surface area contributed by atoms with E-state index >= 15 is 0 Å². The van der Waals surface area contributed by atoms with Gasteiger partial charge < -0.3 is 5.73 Å². The number of nitrogen functional groups attached to an aromatic ring is 1. The summed E-state index contributed by atoms with van der Waals surface area (Å²) in [6.45, 7) is 1.08. The van der Waals surface area contributed by atoms with Gasteiger partial charge in [-0.3, -0.25) is 4.79 Å². The van der Waals surface area contributed by atoms with Crippen LogP contribution in [0.1, 0.15) is 23.2 Å². The Morgan fingerprint density at radius 1 is 1.50 bits per heavy atom. The van der Waals surface area contributed by atoms with Crippen molar-refractivity contribution in [2.24, 2.45) is 0 Å². The number of alkyl halides is 3. The summed E-state index contributed by atoms with van der Waals surface area (Å²) in [5.74, 6) is -1.99. The molecule has 1 heterocycles. The van der Waals surface area contributed by atoms with Crippen molar-refractivity contribution in [1.82, 2.24) is 9.97 Å². The third-order valence-corrected chi connectivity index (χ3v) is 1.40. The molecule has 7 heteroatoms. The van der Waals surface area contributed by atoms with Gasteiger partial charge in [0.05, 0.1) is 11.9 Å². The number of Topliss-reactive ketones (excluding diaryl/α,β-unsaturated/α-hetero) is 1. The zero-order chi connectivity index (χ0) is 10.9.